The minimum absolute atomic E-state index is 0.130. The Bertz CT molecular complexity index is 1090. The Morgan fingerprint density at radius 3 is 1.98 bits per heavy atom. The summed E-state index contributed by atoms with van der Waals surface area (Å²) in [4.78, 5) is 11.6. The molecule has 0 aromatic heterocycles. The highest BCUT2D eigenvalue weighted by molar-refractivity contribution is 5.87. The molecule has 0 bridgehead atoms. The van der Waals surface area contributed by atoms with Crippen LogP contribution < -0.4 is 0 Å². The molecule has 1 N–H and O–H groups in total. The minimum atomic E-state index is -0.474. The Morgan fingerprint density at radius 2 is 1.39 bits per heavy atom. The van der Waals surface area contributed by atoms with Crippen LogP contribution in [0.15, 0.2) is 54.6 Å². The molecular formula is C38H54O3. The molecule has 4 rings (SSSR count). The average Bonchev–Trinajstić information content (AvgIpc) is 3.03. The van der Waals surface area contributed by atoms with Gasteiger partial charge >= 0.3 is 5.97 Å². The second kappa shape index (κ2) is 16.3. The van der Waals surface area contributed by atoms with Gasteiger partial charge in [0.05, 0.1) is 18.8 Å². The number of unbranched alkanes of at least 4 members (excludes halogenated alkanes) is 2. The number of ether oxygens (including phenoxy) is 1. The lowest BCUT2D eigenvalue weighted by atomic mass is 9.76. The van der Waals surface area contributed by atoms with E-state index in [1.54, 1.807) is 5.56 Å². The maximum atomic E-state index is 11.6. The first-order chi connectivity index (χ1) is 20.0. The molecule has 2 aliphatic carbocycles. The quantitative estimate of drug-likeness (QED) is 0.143. The Kier molecular flexibility index (Phi) is 12.5. The lowest BCUT2D eigenvalue weighted by Crippen LogP contribution is -2.15. The topological polar surface area (TPSA) is 46.5 Å². The molecule has 2 aliphatic rings. The SMILES string of the molecule is C=C(CO)C(=O)OCCCC1CCC(c2ccc(-c3ccc(C4CCC(CCCCC)CC4)cc3)c(CC)c2)CC1. The van der Waals surface area contributed by atoms with Crippen molar-refractivity contribution >= 4 is 5.97 Å². The summed E-state index contributed by atoms with van der Waals surface area (Å²) >= 11 is 0. The zero-order valence-electron chi connectivity index (χ0n) is 25.8. The number of aliphatic hydroxyl groups excluding tert-OH is 1. The molecule has 2 saturated carbocycles. The van der Waals surface area contributed by atoms with Gasteiger partial charge in [-0.1, -0.05) is 88.6 Å². The Labute approximate surface area is 249 Å². The number of hydrogen-bond acceptors (Lipinski definition) is 3. The highest BCUT2D eigenvalue weighted by Crippen LogP contribution is 2.40. The summed E-state index contributed by atoms with van der Waals surface area (Å²) < 4.78 is 5.21. The Hall–Kier alpha value is -2.39. The Balaban J connectivity index is 1.26. The van der Waals surface area contributed by atoms with Crippen LogP contribution in [-0.4, -0.2) is 24.3 Å². The molecule has 41 heavy (non-hydrogen) atoms. The van der Waals surface area contributed by atoms with E-state index >= 15 is 0 Å². The fraction of sp³-hybridized carbons (Fsp3) is 0.605. The van der Waals surface area contributed by atoms with Gasteiger partial charge in [-0.2, -0.15) is 0 Å². The lowest BCUT2D eigenvalue weighted by Gasteiger charge is -2.29. The van der Waals surface area contributed by atoms with Gasteiger partial charge in [0.25, 0.3) is 0 Å². The molecule has 2 aromatic rings. The lowest BCUT2D eigenvalue weighted by molar-refractivity contribution is -0.139. The van der Waals surface area contributed by atoms with E-state index in [9.17, 15) is 4.79 Å². The van der Waals surface area contributed by atoms with Crippen LogP contribution in [-0.2, 0) is 16.0 Å². The first kappa shape index (κ1) is 31.5. The average molecular weight is 559 g/mol. The fourth-order valence-corrected chi connectivity index (χ4v) is 7.33. The van der Waals surface area contributed by atoms with E-state index in [0.29, 0.717) is 18.4 Å². The van der Waals surface area contributed by atoms with Gasteiger partial charge < -0.3 is 9.84 Å². The molecule has 3 heteroatoms. The first-order valence-electron chi connectivity index (χ1n) is 16.7. The van der Waals surface area contributed by atoms with Gasteiger partial charge in [-0.25, -0.2) is 4.79 Å². The second-order valence-electron chi connectivity index (χ2n) is 12.9. The van der Waals surface area contributed by atoms with Crippen molar-refractivity contribution in [3.63, 3.8) is 0 Å². The van der Waals surface area contributed by atoms with E-state index in [-0.39, 0.29) is 12.2 Å². The monoisotopic (exact) mass is 558 g/mol. The van der Waals surface area contributed by atoms with Crippen LogP contribution in [0.1, 0.15) is 132 Å². The van der Waals surface area contributed by atoms with E-state index in [1.807, 2.05) is 0 Å². The summed E-state index contributed by atoms with van der Waals surface area (Å²) in [5.74, 6) is 2.60. The number of benzene rings is 2. The molecule has 2 aromatic carbocycles. The van der Waals surface area contributed by atoms with Crippen molar-refractivity contribution in [3.05, 3.63) is 71.3 Å². The van der Waals surface area contributed by atoms with Crippen LogP contribution in [0.2, 0.25) is 0 Å². The maximum Gasteiger partial charge on any atom is 0.335 e. The number of carbonyl (C=O) groups excluding carboxylic acids is 1. The van der Waals surface area contributed by atoms with Crippen molar-refractivity contribution in [1.82, 2.24) is 0 Å². The highest BCUT2D eigenvalue weighted by atomic mass is 16.5. The van der Waals surface area contributed by atoms with Crippen LogP contribution in [0, 0.1) is 11.8 Å². The number of carbonyl (C=O) groups is 1. The molecule has 0 radical (unpaired) electrons. The molecule has 224 valence electrons. The summed E-state index contributed by atoms with van der Waals surface area (Å²) in [5, 5.41) is 8.98. The number of aliphatic hydroxyl groups is 1. The van der Waals surface area contributed by atoms with Gasteiger partial charge in [-0.3, -0.25) is 0 Å². The van der Waals surface area contributed by atoms with Gasteiger partial charge in [0.2, 0.25) is 0 Å². The molecular weight excluding hydrogens is 504 g/mol. The highest BCUT2D eigenvalue weighted by Gasteiger charge is 2.24. The summed E-state index contributed by atoms with van der Waals surface area (Å²) in [6.07, 6.45) is 19.2. The van der Waals surface area contributed by atoms with Crippen LogP contribution in [0.3, 0.4) is 0 Å². The largest absolute Gasteiger partial charge is 0.462 e. The van der Waals surface area contributed by atoms with Gasteiger partial charge in [0.15, 0.2) is 0 Å². The van der Waals surface area contributed by atoms with E-state index < -0.39 is 5.97 Å². The molecule has 0 aliphatic heterocycles. The van der Waals surface area contributed by atoms with Crippen molar-refractivity contribution in [2.75, 3.05) is 13.2 Å². The predicted molar refractivity (Wildman–Crippen MR) is 171 cm³/mol. The predicted octanol–water partition coefficient (Wildman–Crippen LogP) is 9.92. The van der Waals surface area contributed by atoms with Crippen molar-refractivity contribution < 1.29 is 14.6 Å². The van der Waals surface area contributed by atoms with Crippen molar-refractivity contribution in [2.24, 2.45) is 11.8 Å². The smallest absolute Gasteiger partial charge is 0.335 e. The third-order valence-corrected chi connectivity index (χ3v) is 10.1. The summed E-state index contributed by atoms with van der Waals surface area (Å²) in [6.45, 7) is 8.19. The number of esters is 1. The third-order valence-electron chi connectivity index (χ3n) is 10.1. The molecule has 0 atom stereocenters. The standard InChI is InChI=1S/C38H54O3/c1-4-6-7-9-29-11-15-32(16-12-29)33-19-21-35(22-20-33)37-24-23-36(26-31(37)5-2)34-17-13-30(14-18-34)10-8-25-41-38(40)28(3)27-39/h19-24,26,29-30,32,34,39H,3-18,25,27H2,1-2H3. The number of rotatable bonds is 14. The molecule has 0 heterocycles. The molecule has 2 fully saturated rings. The third kappa shape index (κ3) is 9.05. The van der Waals surface area contributed by atoms with E-state index in [0.717, 1.165) is 31.1 Å². The second-order valence-corrected chi connectivity index (χ2v) is 12.9. The minimum Gasteiger partial charge on any atom is -0.462 e. The van der Waals surface area contributed by atoms with E-state index in [1.165, 1.54) is 99.3 Å². The normalized spacial score (nSPS) is 22.8. The molecule has 0 spiro atoms. The van der Waals surface area contributed by atoms with Crippen LogP contribution in [0.4, 0.5) is 0 Å². The summed E-state index contributed by atoms with van der Waals surface area (Å²) in [5.41, 5.74) is 7.41. The number of hydrogen-bond donors (Lipinski definition) is 1. The van der Waals surface area contributed by atoms with Gasteiger partial charge in [-0.15, -0.1) is 0 Å². The molecule has 0 unspecified atom stereocenters. The Morgan fingerprint density at radius 1 is 0.805 bits per heavy atom. The zero-order chi connectivity index (χ0) is 29.0. The van der Waals surface area contributed by atoms with Crippen LogP contribution in [0.5, 0.6) is 0 Å². The van der Waals surface area contributed by atoms with Gasteiger partial charge in [0, 0.05) is 0 Å². The van der Waals surface area contributed by atoms with E-state index in [4.69, 9.17) is 9.84 Å². The summed E-state index contributed by atoms with van der Waals surface area (Å²) in [6, 6.07) is 16.8. The van der Waals surface area contributed by atoms with E-state index in [2.05, 4.69) is 62.9 Å². The zero-order valence-corrected chi connectivity index (χ0v) is 25.8. The molecule has 0 saturated heterocycles. The van der Waals surface area contributed by atoms with Crippen LogP contribution in [0.25, 0.3) is 11.1 Å². The van der Waals surface area contributed by atoms with Gasteiger partial charge in [-0.05, 0) is 122 Å². The molecule has 3 nitrogen and oxygen atoms in total. The van der Waals surface area contributed by atoms with Crippen LogP contribution >= 0.6 is 0 Å². The first-order valence-corrected chi connectivity index (χ1v) is 16.7. The van der Waals surface area contributed by atoms with Crippen molar-refractivity contribution in [3.8, 4) is 11.1 Å². The number of aryl methyl sites for hydroxylation is 1. The summed E-state index contributed by atoms with van der Waals surface area (Å²) in [7, 11) is 0. The van der Waals surface area contributed by atoms with Gasteiger partial charge in [0.1, 0.15) is 0 Å². The maximum absolute atomic E-state index is 11.6. The van der Waals surface area contributed by atoms with Crippen molar-refractivity contribution in [2.45, 2.75) is 122 Å². The molecule has 0 amide bonds. The fourth-order valence-electron chi connectivity index (χ4n) is 7.33. The van der Waals surface area contributed by atoms with Crippen molar-refractivity contribution in [1.29, 1.82) is 0 Å².